The fourth-order valence-corrected chi connectivity index (χ4v) is 2.42. The van der Waals surface area contributed by atoms with Crippen molar-refractivity contribution >= 4 is 28.9 Å². The van der Waals surface area contributed by atoms with Gasteiger partial charge in [0.1, 0.15) is 5.82 Å². The third kappa shape index (κ3) is 2.79. The van der Waals surface area contributed by atoms with Crippen LogP contribution in [0.25, 0.3) is 0 Å². The monoisotopic (exact) mass is 279 g/mol. The van der Waals surface area contributed by atoms with Gasteiger partial charge in [-0.1, -0.05) is 0 Å². The molecule has 0 aliphatic heterocycles. The van der Waals surface area contributed by atoms with Gasteiger partial charge in [-0.3, -0.25) is 4.79 Å². The number of carboxylic acids is 1. The summed E-state index contributed by atoms with van der Waals surface area (Å²) in [6, 6.07) is 3.14. The van der Waals surface area contributed by atoms with Gasteiger partial charge >= 0.3 is 5.97 Å². The Bertz CT molecular complexity index is 651. The molecule has 0 atom stereocenters. The van der Waals surface area contributed by atoms with Crippen LogP contribution >= 0.6 is 11.3 Å². The molecule has 19 heavy (non-hydrogen) atoms. The van der Waals surface area contributed by atoms with Crippen molar-refractivity contribution in [3.05, 3.63) is 51.5 Å². The first-order valence-corrected chi connectivity index (χ1v) is 6.30. The van der Waals surface area contributed by atoms with Gasteiger partial charge < -0.3 is 10.4 Å². The summed E-state index contributed by atoms with van der Waals surface area (Å²) in [4.78, 5) is 23.0. The van der Waals surface area contributed by atoms with Gasteiger partial charge in [-0.15, -0.1) is 0 Å². The smallest absolute Gasteiger partial charge is 0.337 e. The van der Waals surface area contributed by atoms with Crippen LogP contribution in [-0.2, 0) is 0 Å². The van der Waals surface area contributed by atoms with Crippen LogP contribution in [-0.4, -0.2) is 17.0 Å². The van der Waals surface area contributed by atoms with Crippen LogP contribution in [0.15, 0.2) is 29.0 Å². The molecule has 0 saturated carbocycles. The van der Waals surface area contributed by atoms with Crippen molar-refractivity contribution in [3.8, 4) is 0 Å². The minimum Gasteiger partial charge on any atom is -0.478 e. The number of hydrogen-bond donors (Lipinski definition) is 2. The minimum absolute atomic E-state index is 0.0527. The normalized spacial score (nSPS) is 10.2. The first-order valence-electron chi connectivity index (χ1n) is 5.36. The number of hydrogen-bond acceptors (Lipinski definition) is 3. The van der Waals surface area contributed by atoms with Crippen molar-refractivity contribution in [1.29, 1.82) is 0 Å². The number of benzene rings is 1. The molecule has 2 N–H and O–H groups in total. The van der Waals surface area contributed by atoms with Crippen molar-refractivity contribution in [2.75, 3.05) is 5.32 Å². The van der Waals surface area contributed by atoms with E-state index in [1.807, 2.05) is 0 Å². The molecule has 1 amide bonds. The second-order valence-electron chi connectivity index (χ2n) is 3.92. The Morgan fingerprint density at radius 1 is 1.26 bits per heavy atom. The summed E-state index contributed by atoms with van der Waals surface area (Å²) in [7, 11) is 0. The Morgan fingerprint density at radius 3 is 2.58 bits per heavy atom. The molecule has 0 fully saturated rings. The molecule has 0 radical (unpaired) electrons. The molecule has 2 aromatic rings. The molecule has 0 aliphatic rings. The van der Waals surface area contributed by atoms with Gasteiger partial charge in [-0.25, -0.2) is 9.18 Å². The van der Waals surface area contributed by atoms with Crippen LogP contribution < -0.4 is 5.32 Å². The second kappa shape index (κ2) is 5.19. The van der Waals surface area contributed by atoms with E-state index < -0.39 is 17.7 Å². The molecule has 0 unspecified atom stereocenters. The van der Waals surface area contributed by atoms with E-state index in [-0.39, 0.29) is 11.3 Å². The zero-order valence-electron chi connectivity index (χ0n) is 9.94. The summed E-state index contributed by atoms with van der Waals surface area (Å²) in [5, 5.41) is 14.9. The number of anilines is 1. The summed E-state index contributed by atoms with van der Waals surface area (Å²) < 4.78 is 13.1. The van der Waals surface area contributed by atoms with Crippen molar-refractivity contribution in [2.24, 2.45) is 0 Å². The van der Waals surface area contributed by atoms with E-state index in [1.165, 1.54) is 11.3 Å². The molecular weight excluding hydrogens is 269 g/mol. The number of carboxylic acid groups (broad SMARTS) is 1. The third-order valence-electron chi connectivity index (χ3n) is 2.56. The van der Waals surface area contributed by atoms with Gasteiger partial charge in [-0.05, 0) is 36.1 Å². The van der Waals surface area contributed by atoms with Gasteiger partial charge in [0.15, 0.2) is 0 Å². The summed E-state index contributed by atoms with van der Waals surface area (Å²) in [6.07, 6.45) is 0. The number of amides is 1. The SMILES string of the molecule is Cc1cscc1C(=O)Nc1cc(F)ccc1C(=O)O. The number of rotatable bonds is 3. The summed E-state index contributed by atoms with van der Waals surface area (Å²) in [5.41, 5.74) is 1.03. The van der Waals surface area contributed by atoms with E-state index in [0.29, 0.717) is 5.56 Å². The first kappa shape index (κ1) is 13.2. The minimum atomic E-state index is -1.22. The topological polar surface area (TPSA) is 66.4 Å². The van der Waals surface area contributed by atoms with Crippen LogP contribution in [0.4, 0.5) is 10.1 Å². The number of thiophene rings is 1. The van der Waals surface area contributed by atoms with Crippen molar-refractivity contribution in [3.63, 3.8) is 0 Å². The number of nitrogens with one attached hydrogen (secondary N) is 1. The van der Waals surface area contributed by atoms with E-state index in [9.17, 15) is 14.0 Å². The average Bonchev–Trinajstić information content (AvgIpc) is 2.75. The molecule has 1 aromatic heterocycles. The highest BCUT2D eigenvalue weighted by atomic mass is 32.1. The molecule has 0 bridgehead atoms. The number of halogens is 1. The Labute approximate surface area is 112 Å². The van der Waals surface area contributed by atoms with Gasteiger partial charge in [-0.2, -0.15) is 11.3 Å². The fourth-order valence-electron chi connectivity index (χ4n) is 1.59. The number of aryl methyl sites for hydroxylation is 1. The molecule has 1 aromatic carbocycles. The van der Waals surface area contributed by atoms with Gasteiger partial charge in [0.05, 0.1) is 16.8 Å². The van der Waals surface area contributed by atoms with Crippen molar-refractivity contribution < 1.29 is 19.1 Å². The molecule has 0 saturated heterocycles. The second-order valence-corrected chi connectivity index (χ2v) is 4.66. The van der Waals surface area contributed by atoms with E-state index >= 15 is 0 Å². The Balaban J connectivity index is 2.33. The summed E-state index contributed by atoms with van der Waals surface area (Å²) in [5.74, 6) is -2.29. The van der Waals surface area contributed by atoms with E-state index in [1.54, 1.807) is 17.7 Å². The Kier molecular flexibility index (Phi) is 3.62. The molecule has 98 valence electrons. The predicted molar refractivity (Wildman–Crippen MR) is 70.4 cm³/mol. The quantitative estimate of drug-likeness (QED) is 0.907. The zero-order valence-corrected chi connectivity index (χ0v) is 10.8. The first-order chi connectivity index (χ1) is 8.99. The molecule has 1 heterocycles. The number of carbonyl (C=O) groups excluding carboxylic acids is 1. The lowest BCUT2D eigenvalue weighted by Gasteiger charge is -2.08. The lowest BCUT2D eigenvalue weighted by Crippen LogP contribution is -2.15. The molecule has 0 spiro atoms. The van der Waals surface area contributed by atoms with E-state index in [4.69, 9.17) is 5.11 Å². The van der Waals surface area contributed by atoms with E-state index in [2.05, 4.69) is 5.32 Å². The van der Waals surface area contributed by atoms with Gasteiger partial charge in [0, 0.05) is 5.38 Å². The highest BCUT2D eigenvalue weighted by Gasteiger charge is 2.16. The van der Waals surface area contributed by atoms with E-state index in [0.717, 1.165) is 23.8 Å². The van der Waals surface area contributed by atoms with Crippen LogP contribution in [0.3, 0.4) is 0 Å². The van der Waals surface area contributed by atoms with Crippen LogP contribution in [0, 0.1) is 12.7 Å². The molecule has 6 heteroatoms. The highest BCUT2D eigenvalue weighted by Crippen LogP contribution is 2.20. The average molecular weight is 279 g/mol. The maximum Gasteiger partial charge on any atom is 0.337 e. The summed E-state index contributed by atoms with van der Waals surface area (Å²) >= 11 is 1.37. The van der Waals surface area contributed by atoms with Crippen LogP contribution in [0.2, 0.25) is 0 Å². The maximum atomic E-state index is 13.1. The largest absolute Gasteiger partial charge is 0.478 e. The lowest BCUT2D eigenvalue weighted by atomic mass is 10.1. The fraction of sp³-hybridized carbons (Fsp3) is 0.0769. The van der Waals surface area contributed by atoms with Crippen molar-refractivity contribution in [2.45, 2.75) is 6.92 Å². The molecule has 2 rings (SSSR count). The predicted octanol–water partition coefficient (Wildman–Crippen LogP) is 3.15. The lowest BCUT2D eigenvalue weighted by molar-refractivity contribution is 0.0698. The maximum absolute atomic E-state index is 13.1. The standard InChI is InChI=1S/C13H10FNO3S/c1-7-5-19-6-10(7)12(16)15-11-4-8(14)2-3-9(11)13(17)18/h2-6H,1H3,(H,15,16)(H,17,18). The van der Waals surface area contributed by atoms with Gasteiger partial charge in [0.25, 0.3) is 5.91 Å². The summed E-state index contributed by atoms with van der Waals surface area (Å²) in [6.45, 7) is 1.77. The van der Waals surface area contributed by atoms with Gasteiger partial charge in [0.2, 0.25) is 0 Å². The Hall–Kier alpha value is -2.21. The molecule has 0 aliphatic carbocycles. The molecular formula is C13H10FNO3S. The van der Waals surface area contributed by atoms with Crippen LogP contribution in [0.1, 0.15) is 26.3 Å². The highest BCUT2D eigenvalue weighted by molar-refractivity contribution is 7.08. The van der Waals surface area contributed by atoms with Crippen LogP contribution in [0.5, 0.6) is 0 Å². The molecule has 4 nitrogen and oxygen atoms in total. The Morgan fingerprint density at radius 2 is 2.00 bits per heavy atom. The zero-order chi connectivity index (χ0) is 14.0. The third-order valence-corrected chi connectivity index (χ3v) is 3.42. The van der Waals surface area contributed by atoms with Crippen molar-refractivity contribution in [1.82, 2.24) is 0 Å². The number of carbonyl (C=O) groups is 2. The number of aromatic carboxylic acids is 1.